The Bertz CT molecular complexity index is 147. The number of nitrogens with zero attached hydrogens (tertiary/aromatic N) is 1. The molecule has 1 amide bonds. The molecule has 1 rings (SSSR count). The van der Waals surface area contributed by atoms with Gasteiger partial charge in [0.2, 0.25) is 0 Å². The summed E-state index contributed by atoms with van der Waals surface area (Å²) >= 11 is 9.85. The van der Waals surface area contributed by atoms with E-state index in [-0.39, 0.29) is 5.37 Å². The standard InChI is InChI=1S/C6H8ClNO.CH3Cl/c7-6(9)8-4-2-1-3-5-8;1-2/h1-2H,3-5H2;1H3. The molecule has 1 heterocycles. The topological polar surface area (TPSA) is 20.3 Å². The fourth-order valence-electron chi connectivity index (χ4n) is 0.801. The van der Waals surface area contributed by atoms with Crippen LogP contribution >= 0.6 is 23.2 Å². The number of halogens is 2. The van der Waals surface area contributed by atoms with Crippen molar-refractivity contribution in [2.45, 2.75) is 6.42 Å². The average molecular weight is 196 g/mol. The van der Waals surface area contributed by atoms with Crippen molar-refractivity contribution in [3.05, 3.63) is 12.2 Å². The molecule has 0 unspecified atom stereocenters. The first-order valence-corrected chi connectivity index (χ1v) is 4.41. The van der Waals surface area contributed by atoms with Crippen molar-refractivity contribution in [2.75, 3.05) is 19.5 Å². The van der Waals surface area contributed by atoms with Crippen LogP contribution in [-0.4, -0.2) is 29.7 Å². The molecule has 0 bridgehead atoms. The molecule has 0 radical (unpaired) electrons. The minimum absolute atomic E-state index is 0.348. The third kappa shape index (κ3) is 4.27. The molecule has 0 N–H and O–H groups in total. The zero-order valence-electron chi connectivity index (χ0n) is 6.39. The van der Waals surface area contributed by atoms with Crippen LogP contribution in [0.25, 0.3) is 0 Å². The highest BCUT2D eigenvalue weighted by molar-refractivity contribution is 6.62. The van der Waals surface area contributed by atoms with Crippen LogP contribution in [-0.2, 0) is 0 Å². The van der Waals surface area contributed by atoms with E-state index in [1.54, 1.807) is 4.90 Å². The normalized spacial score (nSPS) is 15.4. The van der Waals surface area contributed by atoms with Crippen LogP contribution in [0.15, 0.2) is 12.2 Å². The first kappa shape index (κ1) is 10.8. The SMILES string of the molecule is CCl.O=C(Cl)N1CC=CCC1. The van der Waals surface area contributed by atoms with Gasteiger partial charge in [0.15, 0.2) is 0 Å². The zero-order valence-corrected chi connectivity index (χ0v) is 7.90. The van der Waals surface area contributed by atoms with Gasteiger partial charge in [0.1, 0.15) is 0 Å². The Balaban J connectivity index is 0.000000461. The summed E-state index contributed by atoms with van der Waals surface area (Å²) in [6.45, 7) is 1.43. The Morgan fingerprint density at radius 2 is 2.09 bits per heavy atom. The van der Waals surface area contributed by atoms with Gasteiger partial charge in [-0.15, -0.1) is 11.6 Å². The monoisotopic (exact) mass is 195 g/mol. The lowest BCUT2D eigenvalue weighted by atomic mass is 10.3. The van der Waals surface area contributed by atoms with Gasteiger partial charge in [-0.3, -0.25) is 4.79 Å². The van der Waals surface area contributed by atoms with Gasteiger partial charge in [-0.05, 0) is 18.0 Å². The predicted octanol–water partition coefficient (Wildman–Crippen LogP) is 2.46. The molecule has 64 valence electrons. The fourth-order valence-corrected chi connectivity index (χ4v) is 0.954. The van der Waals surface area contributed by atoms with Crippen LogP contribution in [0.1, 0.15) is 6.42 Å². The van der Waals surface area contributed by atoms with E-state index in [2.05, 4.69) is 17.7 Å². The number of hydrogen-bond acceptors (Lipinski definition) is 1. The molecule has 2 nitrogen and oxygen atoms in total. The molecule has 11 heavy (non-hydrogen) atoms. The van der Waals surface area contributed by atoms with Crippen molar-refractivity contribution < 1.29 is 4.79 Å². The van der Waals surface area contributed by atoms with Gasteiger partial charge in [0.25, 0.3) is 0 Å². The van der Waals surface area contributed by atoms with Crippen molar-refractivity contribution in [3.63, 3.8) is 0 Å². The predicted molar refractivity (Wildman–Crippen MR) is 48.4 cm³/mol. The minimum atomic E-state index is -0.348. The van der Waals surface area contributed by atoms with Crippen LogP contribution in [0, 0.1) is 0 Å². The van der Waals surface area contributed by atoms with E-state index in [4.69, 9.17) is 11.6 Å². The number of rotatable bonds is 0. The molecule has 4 heteroatoms. The first-order chi connectivity index (χ1) is 5.30. The van der Waals surface area contributed by atoms with Crippen LogP contribution in [0.5, 0.6) is 0 Å². The summed E-state index contributed by atoms with van der Waals surface area (Å²) in [5.74, 6) is 0. The van der Waals surface area contributed by atoms with Gasteiger partial charge in [-0.2, -0.15) is 0 Å². The van der Waals surface area contributed by atoms with Gasteiger partial charge in [0.05, 0.1) is 0 Å². The first-order valence-electron chi connectivity index (χ1n) is 3.28. The summed E-state index contributed by atoms with van der Waals surface area (Å²) in [7, 11) is 0. The Hall–Kier alpha value is -0.210. The van der Waals surface area contributed by atoms with Crippen molar-refractivity contribution in [1.82, 2.24) is 4.90 Å². The van der Waals surface area contributed by atoms with Crippen molar-refractivity contribution in [1.29, 1.82) is 0 Å². The van der Waals surface area contributed by atoms with Gasteiger partial charge < -0.3 is 4.90 Å². The Morgan fingerprint density at radius 3 is 2.36 bits per heavy atom. The van der Waals surface area contributed by atoms with E-state index >= 15 is 0 Å². The average Bonchev–Trinajstić information content (AvgIpc) is 2.10. The van der Waals surface area contributed by atoms with E-state index in [0.717, 1.165) is 13.0 Å². The summed E-state index contributed by atoms with van der Waals surface area (Å²) in [6.07, 6.45) is 6.40. The highest BCUT2D eigenvalue weighted by atomic mass is 35.5. The van der Waals surface area contributed by atoms with E-state index in [0.29, 0.717) is 6.54 Å². The maximum atomic E-state index is 10.5. The molecule has 0 atom stereocenters. The maximum absolute atomic E-state index is 10.5. The quantitative estimate of drug-likeness (QED) is 0.252. The molecule has 0 saturated carbocycles. The smallest absolute Gasteiger partial charge is 0.316 e. The molecule has 0 spiro atoms. The fraction of sp³-hybridized carbons (Fsp3) is 0.571. The second-order valence-corrected chi connectivity index (χ2v) is 2.28. The van der Waals surface area contributed by atoms with Crippen LogP contribution < -0.4 is 0 Å². The Kier molecular flexibility index (Phi) is 6.37. The molecule has 0 aromatic rings. The van der Waals surface area contributed by atoms with E-state index in [9.17, 15) is 4.79 Å². The summed E-state index contributed by atoms with van der Waals surface area (Å²) < 4.78 is 0. The number of amides is 1. The molecule has 0 aromatic heterocycles. The summed E-state index contributed by atoms with van der Waals surface area (Å²) in [4.78, 5) is 12.1. The molecule has 0 aliphatic carbocycles. The maximum Gasteiger partial charge on any atom is 0.316 e. The Labute approximate surface area is 76.8 Å². The lowest BCUT2D eigenvalue weighted by Crippen LogP contribution is -2.29. The van der Waals surface area contributed by atoms with E-state index in [1.807, 2.05) is 6.08 Å². The van der Waals surface area contributed by atoms with Crippen LogP contribution in [0.3, 0.4) is 0 Å². The molecule has 0 fully saturated rings. The largest absolute Gasteiger partial charge is 0.325 e. The summed E-state index contributed by atoms with van der Waals surface area (Å²) in [6, 6.07) is 0. The van der Waals surface area contributed by atoms with E-state index < -0.39 is 0 Å². The lowest BCUT2D eigenvalue weighted by Gasteiger charge is -2.19. The van der Waals surface area contributed by atoms with Gasteiger partial charge in [-0.1, -0.05) is 12.2 Å². The summed E-state index contributed by atoms with van der Waals surface area (Å²) in [5.41, 5.74) is 0. The third-order valence-electron chi connectivity index (χ3n) is 1.31. The highest BCUT2D eigenvalue weighted by Gasteiger charge is 2.09. The Morgan fingerprint density at radius 1 is 1.45 bits per heavy atom. The van der Waals surface area contributed by atoms with Gasteiger partial charge in [0, 0.05) is 19.5 Å². The molecule has 0 aromatic carbocycles. The van der Waals surface area contributed by atoms with Crippen LogP contribution in [0.2, 0.25) is 0 Å². The molecular formula is C7H11Cl2NO. The molecular weight excluding hydrogens is 185 g/mol. The highest BCUT2D eigenvalue weighted by Crippen LogP contribution is 2.03. The van der Waals surface area contributed by atoms with Crippen molar-refractivity contribution >= 4 is 28.6 Å². The number of hydrogen-bond donors (Lipinski definition) is 0. The molecule has 0 saturated heterocycles. The van der Waals surface area contributed by atoms with E-state index in [1.165, 1.54) is 6.38 Å². The third-order valence-corrected chi connectivity index (χ3v) is 1.55. The number of alkyl halides is 1. The molecule has 1 aliphatic heterocycles. The lowest BCUT2D eigenvalue weighted by molar-refractivity contribution is 0.226. The van der Waals surface area contributed by atoms with Crippen LogP contribution in [0.4, 0.5) is 4.79 Å². The summed E-state index contributed by atoms with van der Waals surface area (Å²) in [5, 5.41) is -0.348. The van der Waals surface area contributed by atoms with Crippen molar-refractivity contribution in [2.24, 2.45) is 0 Å². The second kappa shape index (κ2) is 6.50. The second-order valence-electron chi connectivity index (χ2n) is 1.96. The van der Waals surface area contributed by atoms with Gasteiger partial charge in [-0.25, -0.2) is 0 Å². The zero-order chi connectivity index (χ0) is 8.69. The molecule has 1 aliphatic rings. The number of carbonyl (C=O) groups excluding carboxylic acids is 1. The minimum Gasteiger partial charge on any atom is -0.325 e. The van der Waals surface area contributed by atoms with Crippen molar-refractivity contribution in [3.8, 4) is 0 Å². The number of carbonyl (C=O) groups is 1. The van der Waals surface area contributed by atoms with Gasteiger partial charge >= 0.3 is 5.37 Å².